The molecular formula is C44H32F4N14. The SMILES string of the molecule is Cc1cccc(-c2[nH]c(CNc3ccc(F)c(F)c3)nc2-c2ccc3nc(-c4ccc(NCc5nc(-c6ccc7ncnn7c6)c(-c6cccc(C)n6)[nH]5)c(F)c4F)nn3c2)n1. The molecule has 0 bridgehead atoms. The van der Waals surface area contributed by atoms with Crippen molar-refractivity contribution in [3.05, 3.63) is 156 Å². The zero-order valence-corrected chi connectivity index (χ0v) is 32.8. The van der Waals surface area contributed by atoms with Crippen LogP contribution in [-0.4, -0.2) is 59.1 Å². The van der Waals surface area contributed by atoms with E-state index in [0.717, 1.165) is 29.1 Å². The number of benzene rings is 2. The average molecular weight is 833 g/mol. The molecule has 2 aromatic carbocycles. The molecule has 0 radical (unpaired) electrons. The molecule has 0 saturated carbocycles. The molecular weight excluding hydrogens is 801 g/mol. The smallest absolute Gasteiger partial charge is 0.185 e. The Morgan fingerprint density at radius 2 is 1.24 bits per heavy atom. The molecule has 18 heteroatoms. The second-order valence-electron chi connectivity index (χ2n) is 14.4. The fraction of sp³-hybridized carbons (Fsp3) is 0.0909. The molecule has 0 aliphatic carbocycles. The van der Waals surface area contributed by atoms with Crippen LogP contribution in [0.1, 0.15) is 23.0 Å². The van der Waals surface area contributed by atoms with Crippen LogP contribution < -0.4 is 10.6 Å². The predicted molar refractivity (Wildman–Crippen MR) is 223 cm³/mol. The summed E-state index contributed by atoms with van der Waals surface area (Å²) in [6, 6.07) is 24.8. The van der Waals surface area contributed by atoms with Crippen LogP contribution in [0.4, 0.5) is 28.9 Å². The van der Waals surface area contributed by atoms with Crippen molar-refractivity contribution in [2.45, 2.75) is 26.9 Å². The third kappa shape index (κ3) is 7.22. The Kier molecular flexibility index (Phi) is 9.42. The second kappa shape index (κ2) is 15.4. The monoisotopic (exact) mass is 832 g/mol. The number of halogens is 4. The molecule has 0 fully saturated rings. The Balaban J connectivity index is 0.918. The second-order valence-corrected chi connectivity index (χ2v) is 14.4. The normalized spacial score (nSPS) is 11.5. The number of H-pyrrole nitrogens is 2. The van der Waals surface area contributed by atoms with Gasteiger partial charge in [0.15, 0.2) is 40.4 Å². The molecule has 8 aromatic heterocycles. The minimum atomic E-state index is -1.13. The number of anilines is 2. The molecule has 10 aromatic rings. The Morgan fingerprint density at radius 1 is 0.597 bits per heavy atom. The first kappa shape index (κ1) is 38.0. The number of nitrogens with zero attached hydrogens (tertiary/aromatic N) is 10. The zero-order chi connectivity index (χ0) is 42.5. The van der Waals surface area contributed by atoms with Gasteiger partial charge < -0.3 is 20.6 Å². The van der Waals surface area contributed by atoms with Crippen molar-refractivity contribution >= 4 is 22.7 Å². The summed E-state index contributed by atoms with van der Waals surface area (Å²) in [5, 5.41) is 14.8. The molecule has 0 amide bonds. The molecule has 0 aliphatic rings. The maximum atomic E-state index is 15.9. The fourth-order valence-corrected chi connectivity index (χ4v) is 7.09. The quantitative estimate of drug-likeness (QED) is 0.0926. The van der Waals surface area contributed by atoms with E-state index in [1.54, 1.807) is 22.8 Å². The first-order valence-electron chi connectivity index (χ1n) is 19.3. The van der Waals surface area contributed by atoms with Crippen molar-refractivity contribution in [1.29, 1.82) is 0 Å². The largest absolute Gasteiger partial charge is 0.378 e. The Bertz CT molecular complexity index is 3310. The highest BCUT2D eigenvalue weighted by atomic mass is 19.2. The minimum absolute atomic E-state index is 0.0283. The van der Waals surface area contributed by atoms with Crippen molar-refractivity contribution in [3.8, 4) is 56.7 Å². The first-order chi connectivity index (χ1) is 30.1. The number of pyridine rings is 4. The topological polar surface area (TPSA) is 168 Å². The van der Waals surface area contributed by atoms with Gasteiger partial charge in [0, 0.05) is 46.7 Å². The van der Waals surface area contributed by atoms with Gasteiger partial charge in [0.1, 0.15) is 18.0 Å². The number of aromatic nitrogens is 12. The molecule has 10 rings (SSSR count). The lowest BCUT2D eigenvalue weighted by molar-refractivity contribution is 0.509. The van der Waals surface area contributed by atoms with Crippen LogP contribution in [-0.2, 0) is 13.1 Å². The van der Waals surface area contributed by atoms with E-state index in [9.17, 15) is 8.78 Å². The molecule has 0 saturated heterocycles. The lowest BCUT2D eigenvalue weighted by Crippen LogP contribution is -2.05. The van der Waals surface area contributed by atoms with E-state index in [2.05, 4.69) is 50.7 Å². The first-order valence-corrected chi connectivity index (χ1v) is 19.3. The molecule has 0 atom stereocenters. The van der Waals surface area contributed by atoms with Gasteiger partial charge in [-0.25, -0.2) is 46.5 Å². The van der Waals surface area contributed by atoms with E-state index in [1.807, 2.05) is 68.6 Å². The molecule has 62 heavy (non-hydrogen) atoms. The van der Waals surface area contributed by atoms with E-state index >= 15 is 8.78 Å². The summed E-state index contributed by atoms with van der Waals surface area (Å²) in [7, 11) is 0. The maximum absolute atomic E-state index is 15.9. The number of imidazole rings is 2. The zero-order valence-electron chi connectivity index (χ0n) is 32.8. The van der Waals surface area contributed by atoms with Crippen LogP contribution in [0.2, 0.25) is 0 Å². The maximum Gasteiger partial charge on any atom is 0.185 e. The van der Waals surface area contributed by atoms with Crippen LogP contribution in [0.3, 0.4) is 0 Å². The average Bonchev–Trinajstić information content (AvgIpc) is 4.10. The fourth-order valence-electron chi connectivity index (χ4n) is 7.09. The Hall–Kier alpha value is -8.28. The molecule has 0 unspecified atom stereocenters. The summed E-state index contributed by atoms with van der Waals surface area (Å²) in [5.41, 5.74) is 7.87. The van der Waals surface area contributed by atoms with Gasteiger partial charge in [0.2, 0.25) is 0 Å². The molecule has 0 aliphatic heterocycles. The summed E-state index contributed by atoms with van der Waals surface area (Å²) in [6.45, 7) is 3.96. The number of aromatic amines is 2. The summed E-state index contributed by atoms with van der Waals surface area (Å²) < 4.78 is 62.2. The number of aryl methyl sites for hydroxylation is 2. The van der Waals surface area contributed by atoms with E-state index in [4.69, 9.17) is 9.97 Å². The number of nitrogens with one attached hydrogen (secondary N) is 4. The minimum Gasteiger partial charge on any atom is -0.378 e. The summed E-state index contributed by atoms with van der Waals surface area (Å²) in [4.78, 5) is 34.3. The van der Waals surface area contributed by atoms with Gasteiger partial charge in [0.25, 0.3) is 0 Å². The summed E-state index contributed by atoms with van der Waals surface area (Å²) in [5.74, 6) is -3.23. The lowest BCUT2D eigenvalue weighted by atomic mass is 10.1. The molecule has 4 N–H and O–H groups in total. The van der Waals surface area contributed by atoms with Gasteiger partial charge in [-0.15, -0.1) is 5.10 Å². The van der Waals surface area contributed by atoms with Crippen LogP contribution in [0.15, 0.2) is 110 Å². The van der Waals surface area contributed by atoms with Crippen LogP contribution in [0.5, 0.6) is 0 Å². The van der Waals surface area contributed by atoms with Crippen molar-refractivity contribution < 1.29 is 17.6 Å². The van der Waals surface area contributed by atoms with Crippen molar-refractivity contribution in [3.63, 3.8) is 0 Å². The van der Waals surface area contributed by atoms with Gasteiger partial charge in [0.05, 0.1) is 58.5 Å². The van der Waals surface area contributed by atoms with Crippen molar-refractivity contribution in [2.75, 3.05) is 10.6 Å². The highest BCUT2D eigenvalue weighted by molar-refractivity contribution is 5.78. The Labute approximate surface area is 348 Å². The predicted octanol–water partition coefficient (Wildman–Crippen LogP) is 8.74. The van der Waals surface area contributed by atoms with Crippen molar-refractivity contribution in [2.24, 2.45) is 0 Å². The number of hydrogen-bond acceptors (Lipinski definition) is 10. The number of hydrogen-bond donors (Lipinski definition) is 4. The van der Waals surface area contributed by atoms with E-state index < -0.39 is 23.3 Å². The number of rotatable bonds is 11. The van der Waals surface area contributed by atoms with Gasteiger partial charge in [-0.1, -0.05) is 12.1 Å². The third-order valence-corrected chi connectivity index (χ3v) is 10.1. The lowest BCUT2D eigenvalue weighted by Gasteiger charge is -2.08. The standard InChI is InChI=1S/C44H32F4N14/c1-23-5-3-7-32(53-23)42-40(25-9-15-36-51-22-52-61(36)20-25)56-35(58-42)19-50-31-14-12-28(38(47)39(31)48)44-59-37-16-10-26(21-62(37)60-44)41-43(33-8-4-6-24(2)54-33)57-34(55-41)18-49-27-11-13-29(45)30(46)17-27/h3-17,20-22,49-50H,18-19H2,1-2H3,(H,55,57)(H,56,58). The van der Waals surface area contributed by atoms with Crippen LogP contribution in [0, 0.1) is 37.1 Å². The highest BCUT2D eigenvalue weighted by Gasteiger charge is 2.22. The van der Waals surface area contributed by atoms with Crippen molar-refractivity contribution in [1.82, 2.24) is 59.1 Å². The summed E-state index contributed by atoms with van der Waals surface area (Å²) >= 11 is 0. The van der Waals surface area contributed by atoms with Gasteiger partial charge in [-0.05, 0) is 86.6 Å². The van der Waals surface area contributed by atoms with Gasteiger partial charge in [-0.3, -0.25) is 9.97 Å². The van der Waals surface area contributed by atoms with Gasteiger partial charge >= 0.3 is 0 Å². The number of fused-ring (bicyclic) bond motifs is 2. The van der Waals surface area contributed by atoms with Crippen LogP contribution in [0.25, 0.3) is 68.0 Å². The summed E-state index contributed by atoms with van der Waals surface area (Å²) in [6.07, 6.45) is 4.96. The van der Waals surface area contributed by atoms with Crippen LogP contribution >= 0.6 is 0 Å². The molecule has 0 spiro atoms. The highest BCUT2D eigenvalue weighted by Crippen LogP contribution is 2.33. The van der Waals surface area contributed by atoms with E-state index in [-0.39, 0.29) is 30.2 Å². The van der Waals surface area contributed by atoms with E-state index in [1.165, 1.54) is 29.0 Å². The molecule has 14 nitrogen and oxygen atoms in total. The third-order valence-electron chi connectivity index (χ3n) is 10.1. The van der Waals surface area contributed by atoms with E-state index in [0.29, 0.717) is 68.4 Å². The van der Waals surface area contributed by atoms with Gasteiger partial charge in [-0.2, -0.15) is 5.10 Å². The Morgan fingerprint density at radius 3 is 1.90 bits per heavy atom. The molecule has 306 valence electrons. The molecule has 8 heterocycles.